The minimum absolute atomic E-state index is 0.0171. The van der Waals surface area contributed by atoms with Gasteiger partial charge in [-0.1, -0.05) is 12.1 Å². The van der Waals surface area contributed by atoms with Gasteiger partial charge in [0.1, 0.15) is 12.2 Å². The molecular weight excluding hydrogens is 346 g/mol. The molecule has 10 heteroatoms. The van der Waals surface area contributed by atoms with Crippen molar-refractivity contribution in [3.05, 3.63) is 58.5 Å². The van der Waals surface area contributed by atoms with Crippen LogP contribution < -0.4 is 10.6 Å². The van der Waals surface area contributed by atoms with Crippen molar-refractivity contribution in [2.45, 2.75) is 13.0 Å². The van der Waals surface area contributed by atoms with E-state index in [0.29, 0.717) is 0 Å². The van der Waals surface area contributed by atoms with Gasteiger partial charge >= 0.3 is 5.97 Å². The second-order valence-electron chi connectivity index (χ2n) is 5.06. The van der Waals surface area contributed by atoms with Gasteiger partial charge in [0.25, 0.3) is 17.5 Å². The second kappa shape index (κ2) is 8.42. The molecule has 26 heavy (non-hydrogen) atoms. The van der Waals surface area contributed by atoms with Crippen molar-refractivity contribution in [1.82, 2.24) is 5.32 Å². The van der Waals surface area contributed by atoms with Crippen LogP contribution in [0, 0.1) is 10.1 Å². The van der Waals surface area contributed by atoms with E-state index in [4.69, 9.17) is 9.15 Å². The summed E-state index contributed by atoms with van der Waals surface area (Å²) in [4.78, 5) is 45.6. The first-order valence-electron chi connectivity index (χ1n) is 7.44. The number of nitro benzene ring substituents is 1. The first-order chi connectivity index (χ1) is 12.4. The summed E-state index contributed by atoms with van der Waals surface area (Å²) in [5.74, 6) is -2.18. The number of carbonyl (C=O) groups is 3. The maximum Gasteiger partial charge on any atom is 0.326 e. The molecule has 0 saturated heterocycles. The highest BCUT2D eigenvalue weighted by atomic mass is 16.6. The van der Waals surface area contributed by atoms with Gasteiger partial charge in [-0.2, -0.15) is 0 Å². The van der Waals surface area contributed by atoms with E-state index in [9.17, 15) is 24.5 Å². The van der Waals surface area contributed by atoms with E-state index >= 15 is 0 Å². The Morgan fingerprint density at radius 2 is 1.96 bits per heavy atom. The zero-order valence-corrected chi connectivity index (χ0v) is 13.6. The number of esters is 1. The molecule has 0 fully saturated rings. The van der Waals surface area contributed by atoms with Crippen molar-refractivity contribution in [1.29, 1.82) is 0 Å². The minimum atomic E-state index is -1.22. The molecule has 2 amide bonds. The number of benzene rings is 1. The number of furan rings is 1. The van der Waals surface area contributed by atoms with Crippen molar-refractivity contribution in [2.75, 3.05) is 11.9 Å². The van der Waals surface area contributed by atoms with Crippen LogP contribution in [0.4, 0.5) is 11.4 Å². The van der Waals surface area contributed by atoms with Crippen molar-refractivity contribution in [3.8, 4) is 0 Å². The number of hydrogen-bond acceptors (Lipinski definition) is 7. The fraction of sp³-hybridized carbons (Fsp3) is 0.188. The molecule has 0 saturated carbocycles. The number of nitrogens with one attached hydrogen (secondary N) is 2. The Labute approximate surface area is 147 Å². The van der Waals surface area contributed by atoms with Gasteiger partial charge in [-0.15, -0.1) is 0 Å². The summed E-state index contributed by atoms with van der Waals surface area (Å²) in [6.07, 6.45) is 0.0883. The first-order valence-corrected chi connectivity index (χ1v) is 7.44. The van der Waals surface area contributed by atoms with Gasteiger partial charge in [-0.25, -0.2) is 0 Å². The molecule has 1 aromatic heterocycles. The van der Waals surface area contributed by atoms with E-state index in [1.807, 2.05) is 0 Å². The van der Waals surface area contributed by atoms with E-state index in [1.165, 1.54) is 49.6 Å². The maximum absolute atomic E-state index is 12.0. The largest absolute Gasteiger partial charge is 0.459 e. The van der Waals surface area contributed by atoms with Crippen molar-refractivity contribution < 1.29 is 28.5 Å². The minimum Gasteiger partial charge on any atom is -0.459 e. The fourth-order valence-electron chi connectivity index (χ4n) is 1.91. The summed E-state index contributed by atoms with van der Waals surface area (Å²) >= 11 is 0. The molecule has 2 rings (SSSR count). The molecule has 0 unspecified atom stereocenters. The molecule has 1 aromatic carbocycles. The van der Waals surface area contributed by atoms with Crippen LogP contribution in [0.3, 0.4) is 0 Å². The smallest absolute Gasteiger partial charge is 0.326 e. The molecule has 2 aromatic rings. The third kappa shape index (κ3) is 4.90. The topological polar surface area (TPSA) is 141 Å². The lowest BCUT2D eigenvalue weighted by Gasteiger charge is -2.13. The average molecular weight is 361 g/mol. The molecule has 0 aliphatic rings. The van der Waals surface area contributed by atoms with E-state index in [-0.39, 0.29) is 17.1 Å². The van der Waals surface area contributed by atoms with E-state index in [1.54, 1.807) is 0 Å². The Hall–Kier alpha value is -3.69. The van der Waals surface area contributed by atoms with E-state index in [0.717, 1.165) is 0 Å². The normalized spacial score (nSPS) is 11.3. The van der Waals surface area contributed by atoms with Crippen LogP contribution in [-0.2, 0) is 14.3 Å². The van der Waals surface area contributed by atoms with Crippen LogP contribution in [0.25, 0.3) is 0 Å². The molecule has 1 heterocycles. The SMILES string of the molecule is C[C@H](OC(=O)CNC(=O)c1ccco1)C(=O)Nc1ccccc1[N+](=O)[O-]. The summed E-state index contributed by atoms with van der Waals surface area (Å²) in [5.41, 5.74) is -0.304. The molecule has 0 aliphatic heterocycles. The predicted molar refractivity (Wildman–Crippen MR) is 88.3 cm³/mol. The molecule has 1 atom stereocenters. The number of ether oxygens (including phenoxy) is 1. The monoisotopic (exact) mass is 361 g/mol. The third-order valence-electron chi connectivity index (χ3n) is 3.17. The van der Waals surface area contributed by atoms with Crippen LogP contribution in [0.1, 0.15) is 17.5 Å². The van der Waals surface area contributed by atoms with Crippen molar-refractivity contribution in [3.63, 3.8) is 0 Å². The van der Waals surface area contributed by atoms with E-state index in [2.05, 4.69) is 10.6 Å². The van der Waals surface area contributed by atoms with Crippen LogP contribution in [-0.4, -0.2) is 35.4 Å². The van der Waals surface area contributed by atoms with Gasteiger partial charge < -0.3 is 19.8 Å². The van der Waals surface area contributed by atoms with Gasteiger partial charge in [0, 0.05) is 6.07 Å². The number of nitro groups is 1. The number of hydrogen-bond donors (Lipinski definition) is 2. The van der Waals surface area contributed by atoms with E-state index < -0.39 is 35.4 Å². The summed E-state index contributed by atoms with van der Waals surface area (Å²) < 4.78 is 9.75. The lowest BCUT2D eigenvalue weighted by molar-refractivity contribution is -0.383. The first kappa shape index (κ1) is 18.6. The number of para-hydroxylation sites is 2. The van der Waals surface area contributed by atoms with Gasteiger partial charge in [0.2, 0.25) is 0 Å². The van der Waals surface area contributed by atoms with Gasteiger partial charge in [0.05, 0.1) is 11.2 Å². The summed E-state index contributed by atoms with van der Waals surface area (Å²) in [7, 11) is 0. The molecule has 0 spiro atoms. The second-order valence-corrected chi connectivity index (χ2v) is 5.06. The fourth-order valence-corrected chi connectivity index (χ4v) is 1.91. The Balaban J connectivity index is 1.86. The quantitative estimate of drug-likeness (QED) is 0.432. The average Bonchev–Trinajstić information content (AvgIpc) is 3.14. The zero-order chi connectivity index (χ0) is 19.1. The highest BCUT2D eigenvalue weighted by molar-refractivity contribution is 5.97. The Bertz CT molecular complexity index is 817. The lowest BCUT2D eigenvalue weighted by atomic mass is 10.2. The Kier molecular flexibility index (Phi) is 6.04. The van der Waals surface area contributed by atoms with Gasteiger partial charge in [-0.3, -0.25) is 24.5 Å². The van der Waals surface area contributed by atoms with Crippen molar-refractivity contribution >= 4 is 29.2 Å². The number of amides is 2. The number of rotatable bonds is 7. The Morgan fingerprint density at radius 1 is 1.23 bits per heavy atom. The third-order valence-corrected chi connectivity index (χ3v) is 3.17. The highest BCUT2D eigenvalue weighted by Gasteiger charge is 2.22. The molecular formula is C16H15N3O7. The predicted octanol–water partition coefficient (Wildman–Crippen LogP) is 1.49. The van der Waals surface area contributed by atoms with Crippen LogP contribution >= 0.6 is 0 Å². The van der Waals surface area contributed by atoms with Crippen LogP contribution in [0.15, 0.2) is 47.1 Å². The van der Waals surface area contributed by atoms with Gasteiger partial charge in [-0.05, 0) is 25.1 Å². The molecule has 0 bridgehead atoms. The standard InChI is InChI=1S/C16H15N3O7/c1-10(15(21)18-11-5-2-3-6-12(11)19(23)24)26-14(20)9-17-16(22)13-7-4-8-25-13/h2-8,10H,9H2,1H3,(H,17,22)(H,18,21)/t10-/m0/s1. The zero-order valence-electron chi connectivity index (χ0n) is 13.6. The maximum atomic E-state index is 12.0. The number of carbonyl (C=O) groups excluding carboxylic acids is 3. The molecule has 136 valence electrons. The van der Waals surface area contributed by atoms with Gasteiger partial charge in [0.15, 0.2) is 11.9 Å². The lowest BCUT2D eigenvalue weighted by Crippen LogP contribution is -2.35. The molecule has 0 radical (unpaired) electrons. The summed E-state index contributed by atoms with van der Waals surface area (Å²) in [6, 6.07) is 8.50. The Morgan fingerprint density at radius 3 is 2.62 bits per heavy atom. The molecule has 2 N–H and O–H groups in total. The van der Waals surface area contributed by atoms with Crippen molar-refractivity contribution in [2.24, 2.45) is 0 Å². The highest BCUT2D eigenvalue weighted by Crippen LogP contribution is 2.23. The van der Waals surface area contributed by atoms with Crippen LogP contribution in [0.5, 0.6) is 0 Å². The number of nitrogens with zero attached hydrogens (tertiary/aromatic N) is 1. The summed E-state index contributed by atoms with van der Waals surface area (Å²) in [5, 5.41) is 15.5. The molecule has 0 aliphatic carbocycles. The molecule has 10 nitrogen and oxygen atoms in total. The summed E-state index contributed by atoms with van der Waals surface area (Å²) in [6.45, 7) is 0.832. The van der Waals surface area contributed by atoms with Crippen LogP contribution in [0.2, 0.25) is 0 Å². The number of anilines is 1.